The number of rotatable bonds is 10. The molecule has 1 aromatic heterocycles. The summed E-state index contributed by atoms with van der Waals surface area (Å²) in [6.45, 7) is 8.16. The van der Waals surface area contributed by atoms with E-state index in [1.54, 1.807) is 25.5 Å². The lowest BCUT2D eigenvalue weighted by molar-refractivity contribution is -0.123. The molecule has 1 aromatic carbocycles. The van der Waals surface area contributed by atoms with E-state index in [0.717, 1.165) is 18.1 Å². The molecule has 0 radical (unpaired) electrons. The lowest BCUT2D eigenvalue weighted by atomic mass is 9.91. The average Bonchev–Trinajstić information content (AvgIpc) is 3.29. The molecule has 1 amide bonds. The highest BCUT2D eigenvalue weighted by atomic mass is 32.1. The van der Waals surface area contributed by atoms with Crippen molar-refractivity contribution in [1.82, 2.24) is 16.0 Å². The number of benzene rings is 1. The molecule has 7 nitrogen and oxygen atoms in total. The van der Waals surface area contributed by atoms with Gasteiger partial charge in [0.25, 0.3) is 5.91 Å². The lowest BCUT2D eigenvalue weighted by Crippen LogP contribution is -2.42. The van der Waals surface area contributed by atoms with Gasteiger partial charge in [0.2, 0.25) is 0 Å². The Balaban J connectivity index is 1.91. The van der Waals surface area contributed by atoms with E-state index >= 15 is 0 Å². The largest absolute Gasteiger partial charge is 0.493 e. The Morgan fingerprint density at radius 1 is 1.17 bits per heavy atom. The number of aliphatic imine (C=N–C) groups is 1. The average molecular weight is 433 g/mol. The van der Waals surface area contributed by atoms with Crippen molar-refractivity contribution in [3.8, 4) is 11.5 Å². The van der Waals surface area contributed by atoms with Crippen LogP contribution in [0.4, 0.5) is 0 Å². The van der Waals surface area contributed by atoms with Crippen LogP contribution in [0.25, 0.3) is 0 Å². The number of ether oxygens (including phenoxy) is 2. The fourth-order valence-electron chi connectivity index (χ4n) is 2.79. The number of nitrogens with one attached hydrogen (secondary N) is 3. The lowest BCUT2D eigenvalue weighted by Gasteiger charge is -2.25. The molecule has 3 N–H and O–H groups in total. The third kappa shape index (κ3) is 6.95. The first-order valence-corrected chi connectivity index (χ1v) is 10.8. The van der Waals surface area contributed by atoms with Crippen LogP contribution in [0.3, 0.4) is 0 Å². The van der Waals surface area contributed by atoms with Crippen molar-refractivity contribution in [3.05, 3.63) is 46.2 Å². The third-order valence-corrected chi connectivity index (χ3v) is 5.77. The summed E-state index contributed by atoms with van der Waals surface area (Å²) in [5, 5.41) is 11.5. The SMILES string of the molecule is CCNC(=O)COc1ccc(CNC(=NC)NCC(C)(C)c2cccs2)cc1OC. The molecule has 164 valence electrons. The molecule has 0 atom stereocenters. The first-order valence-electron chi connectivity index (χ1n) is 9.94. The second-order valence-electron chi connectivity index (χ2n) is 7.37. The Kier molecular flexibility index (Phi) is 8.98. The number of hydrogen-bond acceptors (Lipinski definition) is 5. The summed E-state index contributed by atoms with van der Waals surface area (Å²) in [5.41, 5.74) is 1.02. The van der Waals surface area contributed by atoms with Gasteiger partial charge in [-0.05, 0) is 36.1 Å². The van der Waals surface area contributed by atoms with Gasteiger partial charge in [-0.3, -0.25) is 9.79 Å². The molecule has 0 aliphatic rings. The van der Waals surface area contributed by atoms with Crippen LogP contribution in [0.15, 0.2) is 40.7 Å². The van der Waals surface area contributed by atoms with E-state index in [1.165, 1.54) is 4.88 Å². The fraction of sp³-hybridized carbons (Fsp3) is 0.455. The van der Waals surface area contributed by atoms with Crippen LogP contribution in [0.1, 0.15) is 31.2 Å². The number of thiophene rings is 1. The summed E-state index contributed by atoms with van der Waals surface area (Å²) in [6.07, 6.45) is 0. The zero-order valence-electron chi connectivity index (χ0n) is 18.4. The molecule has 1 heterocycles. The maximum Gasteiger partial charge on any atom is 0.257 e. The van der Waals surface area contributed by atoms with Gasteiger partial charge in [0.15, 0.2) is 24.1 Å². The van der Waals surface area contributed by atoms with Crippen LogP contribution in [0.2, 0.25) is 0 Å². The molecule has 0 aliphatic carbocycles. The van der Waals surface area contributed by atoms with Crippen molar-refractivity contribution >= 4 is 23.2 Å². The molecular weight excluding hydrogens is 400 g/mol. The van der Waals surface area contributed by atoms with Gasteiger partial charge >= 0.3 is 0 Å². The first kappa shape index (κ1) is 23.5. The third-order valence-electron chi connectivity index (χ3n) is 4.53. The highest BCUT2D eigenvalue weighted by Crippen LogP contribution is 2.28. The van der Waals surface area contributed by atoms with E-state index in [0.29, 0.717) is 24.6 Å². The highest BCUT2D eigenvalue weighted by molar-refractivity contribution is 7.10. The minimum Gasteiger partial charge on any atom is -0.493 e. The molecule has 0 aliphatic heterocycles. The maximum absolute atomic E-state index is 11.6. The number of nitrogens with zero attached hydrogens (tertiary/aromatic N) is 1. The Morgan fingerprint density at radius 3 is 2.60 bits per heavy atom. The summed E-state index contributed by atoms with van der Waals surface area (Å²) in [6, 6.07) is 9.87. The van der Waals surface area contributed by atoms with Gasteiger partial charge in [0.05, 0.1) is 7.11 Å². The van der Waals surface area contributed by atoms with Gasteiger partial charge in [-0.2, -0.15) is 0 Å². The summed E-state index contributed by atoms with van der Waals surface area (Å²) in [7, 11) is 3.34. The predicted molar refractivity (Wildman–Crippen MR) is 123 cm³/mol. The predicted octanol–water partition coefficient (Wildman–Crippen LogP) is 2.91. The van der Waals surface area contributed by atoms with Gasteiger partial charge in [-0.1, -0.05) is 26.0 Å². The molecule has 8 heteroatoms. The number of methoxy groups -OCH3 is 1. The Hall–Kier alpha value is -2.74. The van der Waals surface area contributed by atoms with E-state index in [1.807, 2.05) is 25.1 Å². The highest BCUT2D eigenvalue weighted by Gasteiger charge is 2.22. The molecule has 0 spiro atoms. The molecular formula is C22H32N4O3S. The molecule has 0 unspecified atom stereocenters. The van der Waals surface area contributed by atoms with Gasteiger partial charge in [0.1, 0.15) is 0 Å². The molecule has 0 bridgehead atoms. The molecule has 0 saturated carbocycles. The van der Waals surface area contributed by atoms with E-state index in [9.17, 15) is 4.79 Å². The molecule has 0 saturated heterocycles. The number of hydrogen-bond donors (Lipinski definition) is 3. The standard InChI is InChI=1S/C22H32N4O3S/c1-6-24-20(27)14-29-17-10-9-16(12-18(17)28-5)13-25-21(23-4)26-15-22(2,3)19-8-7-11-30-19/h7-12H,6,13-15H2,1-5H3,(H,24,27)(H2,23,25,26). The zero-order chi connectivity index (χ0) is 22.0. The topological polar surface area (TPSA) is 84.0 Å². The molecule has 30 heavy (non-hydrogen) atoms. The summed E-state index contributed by atoms with van der Waals surface area (Å²) >= 11 is 1.76. The smallest absolute Gasteiger partial charge is 0.257 e. The van der Waals surface area contributed by atoms with Gasteiger partial charge in [-0.15, -0.1) is 11.3 Å². The van der Waals surface area contributed by atoms with Crippen molar-refractivity contribution in [2.24, 2.45) is 4.99 Å². The van der Waals surface area contributed by atoms with Crippen LogP contribution in [0.5, 0.6) is 11.5 Å². The van der Waals surface area contributed by atoms with Crippen molar-refractivity contribution in [2.75, 3.05) is 33.9 Å². The molecule has 2 rings (SSSR count). The van der Waals surface area contributed by atoms with Crippen molar-refractivity contribution in [1.29, 1.82) is 0 Å². The van der Waals surface area contributed by atoms with Crippen molar-refractivity contribution in [3.63, 3.8) is 0 Å². The number of likely N-dealkylation sites (N-methyl/N-ethyl adjacent to an activating group) is 1. The Morgan fingerprint density at radius 2 is 1.97 bits per heavy atom. The second kappa shape index (κ2) is 11.4. The van der Waals surface area contributed by atoms with Crippen LogP contribution in [0, 0.1) is 0 Å². The fourth-order valence-corrected chi connectivity index (χ4v) is 3.65. The van der Waals surface area contributed by atoms with E-state index in [-0.39, 0.29) is 17.9 Å². The number of carbonyl (C=O) groups excluding carboxylic acids is 1. The minimum absolute atomic E-state index is 0.0120. The first-order chi connectivity index (χ1) is 14.4. The van der Waals surface area contributed by atoms with Crippen molar-refractivity contribution in [2.45, 2.75) is 32.7 Å². The monoisotopic (exact) mass is 432 g/mol. The van der Waals surface area contributed by atoms with Gasteiger partial charge < -0.3 is 25.4 Å². The maximum atomic E-state index is 11.6. The minimum atomic E-state index is -0.161. The second-order valence-corrected chi connectivity index (χ2v) is 8.32. The van der Waals surface area contributed by atoms with Crippen LogP contribution >= 0.6 is 11.3 Å². The van der Waals surface area contributed by atoms with Crippen LogP contribution in [-0.2, 0) is 16.8 Å². The van der Waals surface area contributed by atoms with Gasteiger partial charge in [-0.25, -0.2) is 0 Å². The molecule has 0 fully saturated rings. The summed E-state index contributed by atoms with van der Waals surface area (Å²) in [5.74, 6) is 1.69. The van der Waals surface area contributed by atoms with E-state index < -0.39 is 0 Å². The summed E-state index contributed by atoms with van der Waals surface area (Å²) < 4.78 is 11.0. The van der Waals surface area contributed by atoms with Crippen molar-refractivity contribution < 1.29 is 14.3 Å². The number of guanidine groups is 1. The van der Waals surface area contributed by atoms with Crippen LogP contribution in [-0.4, -0.2) is 45.7 Å². The normalized spacial score (nSPS) is 11.7. The molecule has 2 aromatic rings. The van der Waals surface area contributed by atoms with Gasteiger partial charge in [0, 0.05) is 37.0 Å². The van der Waals surface area contributed by atoms with E-state index in [4.69, 9.17) is 9.47 Å². The van der Waals surface area contributed by atoms with E-state index in [2.05, 4.69) is 52.3 Å². The quantitative estimate of drug-likeness (QED) is 0.397. The van der Waals surface area contributed by atoms with Crippen LogP contribution < -0.4 is 25.4 Å². The Labute approximate surface area is 182 Å². The number of amides is 1. The Bertz CT molecular complexity index is 835. The summed E-state index contributed by atoms with van der Waals surface area (Å²) in [4.78, 5) is 17.2. The zero-order valence-corrected chi connectivity index (χ0v) is 19.2. The number of carbonyl (C=O) groups is 1.